The Morgan fingerprint density at radius 3 is 2.57 bits per heavy atom. The van der Waals surface area contributed by atoms with E-state index in [2.05, 4.69) is 4.98 Å². The van der Waals surface area contributed by atoms with E-state index in [1.54, 1.807) is 0 Å². The van der Waals surface area contributed by atoms with Crippen LogP contribution < -0.4 is 10.2 Å². The third kappa shape index (κ3) is 3.88. The second-order valence-electron chi connectivity index (χ2n) is 4.18. The lowest BCUT2D eigenvalue weighted by Crippen LogP contribution is -2.19. The second-order valence-corrected chi connectivity index (χ2v) is 4.59. The van der Waals surface area contributed by atoms with Crippen molar-refractivity contribution in [2.75, 3.05) is 0 Å². The number of hydrogen-bond donors (Lipinski definition) is 1. The molecule has 0 atom stereocenters. The molecule has 0 spiro atoms. The molecule has 10 heteroatoms. The van der Waals surface area contributed by atoms with Gasteiger partial charge < -0.3 is 15.4 Å². The van der Waals surface area contributed by atoms with Crippen molar-refractivity contribution in [1.82, 2.24) is 10.5 Å². The van der Waals surface area contributed by atoms with Crippen LogP contribution in [-0.2, 0) is 6.18 Å². The molecule has 5 nitrogen and oxygen atoms in total. The molecule has 0 saturated carbocycles. The van der Waals surface area contributed by atoms with E-state index < -0.39 is 34.9 Å². The maximum absolute atomic E-state index is 12.9. The second kappa shape index (κ2) is 6.39. The van der Waals surface area contributed by atoms with Gasteiger partial charge in [0.25, 0.3) is 0 Å². The number of ether oxygens (including phenoxy) is 1. The highest BCUT2D eigenvalue weighted by atomic mass is 35.5. The number of carbonyl (C=O) groups excluding carboxylic acids is 1. The fourth-order valence-electron chi connectivity index (χ4n) is 1.57. The lowest BCUT2D eigenvalue weighted by molar-refractivity contribution is -0.137. The van der Waals surface area contributed by atoms with Crippen molar-refractivity contribution in [2.45, 2.75) is 6.18 Å². The van der Waals surface area contributed by atoms with Gasteiger partial charge in [-0.1, -0.05) is 11.6 Å². The molecule has 1 N–H and O–H groups in total. The largest absolute Gasteiger partial charge is 0.759 e. The first kappa shape index (κ1) is 17.0. The van der Waals surface area contributed by atoms with Crippen LogP contribution in [0.4, 0.5) is 17.6 Å². The molecule has 0 unspecified atom stereocenters. The normalized spacial score (nSPS) is 11.2. The van der Waals surface area contributed by atoms with Crippen molar-refractivity contribution in [3.8, 4) is 11.6 Å². The summed E-state index contributed by atoms with van der Waals surface area (Å²) in [5.74, 6) is -2.78. The fraction of sp³-hybridized carbons (Fsp3) is 0.0769. The molecule has 0 bridgehead atoms. The van der Waals surface area contributed by atoms with Gasteiger partial charge in [0.15, 0.2) is 0 Å². The van der Waals surface area contributed by atoms with Gasteiger partial charge in [-0.05, 0) is 24.3 Å². The summed E-state index contributed by atoms with van der Waals surface area (Å²) >= 11 is 5.71. The summed E-state index contributed by atoms with van der Waals surface area (Å²) in [6, 6.07) is 3.38. The molecule has 1 amide bonds. The van der Waals surface area contributed by atoms with Crippen LogP contribution in [0.3, 0.4) is 0 Å². The van der Waals surface area contributed by atoms with Crippen molar-refractivity contribution >= 4 is 17.5 Å². The van der Waals surface area contributed by atoms with Gasteiger partial charge in [0.2, 0.25) is 11.8 Å². The Bertz CT molecular complexity index is 752. The van der Waals surface area contributed by atoms with Crippen LogP contribution in [0.25, 0.3) is 0 Å². The number of rotatable bonds is 3. The average Bonchev–Trinajstić information content (AvgIpc) is 2.48. The Labute approximate surface area is 131 Å². The number of benzene rings is 1. The monoisotopic (exact) mass is 349 g/mol. The zero-order chi connectivity index (χ0) is 17.2. The molecule has 0 aliphatic carbocycles. The highest BCUT2D eigenvalue weighted by Gasteiger charge is 2.32. The predicted octanol–water partition coefficient (Wildman–Crippen LogP) is 3.91. The van der Waals surface area contributed by atoms with Crippen molar-refractivity contribution < 1.29 is 27.1 Å². The highest BCUT2D eigenvalue weighted by Crippen LogP contribution is 2.34. The first-order valence-electron chi connectivity index (χ1n) is 5.85. The summed E-state index contributed by atoms with van der Waals surface area (Å²) in [4.78, 5) is 14.8. The van der Waals surface area contributed by atoms with E-state index in [0.29, 0.717) is 12.3 Å². The number of hydroxylamine groups is 1. The molecule has 2 rings (SSSR count). The van der Waals surface area contributed by atoms with Crippen molar-refractivity contribution in [3.63, 3.8) is 0 Å². The van der Waals surface area contributed by atoms with Gasteiger partial charge >= 0.3 is 6.18 Å². The molecular formula is C13H6ClF4N2O3-. The van der Waals surface area contributed by atoms with Crippen molar-refractivity contribution in [3.05, 3.63) is 57.6 Å². The van der Waals surface area contributed by atoms with Crippen LogP contribution in [0.5, 0.6) is 11.6 Å². The molecule has 2 aromatic rings. The summed E-state index contributed by atoms with van der Waals surface area (Å²) < 4.78 is 56.0. The lowest BCUT2D eigenvalue weighted by Gasteiger charge is -2.15. The Kier molecular flexibility index (Phi) is 4.71. The minimum atomic E-state index is -4.77. The predicted molar refractivity (Wildman–Crippen MR) is 71.6 cm³/mol. The smallest absolute Gasteiger partial charge is 0.417 e. The van der Waals surface area contributed by atoms with Crippen LogP contribution in [0.15, 0.2) is 30.5 Å². The van der Waals surface area contributed by atoms with Gasteiger partial charge in [0, 0.05) is 6.20 Å². The van der Waals surface area contributed by atoms with Gasteiger partial charge in [-0.3, -0.25) is 4.79 Å². The van der Waals surface area contributed by atoms with Crippen LogP contribution >= 0.6 is 11.6 Å². The molecule has 23 heavy (non-hydrogen) atoms. The van der Waals surface area contributed by atoms with Gasteiger partial charge in [-0.2, -0.15) is 13.2 Å². The van der Waals surface area contributed by atoms with Crippen molar-refractivity contribution in [2.24, 2.45) is 0 Å². The van der Waals surface area contributed by atoms with E-state index in [0.717, 1.165) is 23.7 Å². The number of aromatic nitrogens is 1. The maximum Gasteiger partial charge on any atom is 0.417 e. The van der Waals surface area contributed by atoms with E-state index in [4.69, 9.17) is 16.3 Å². The third-order valence-electron chi connectivity index (χ3n) is 2.62. The molecule has 122 valence electrons. The number of hydrogen-bond acceptors (Lipinski definition) is 4. The zero-order valence-corrected chi connectivity index (χ0v) is 11.7. The molecule has 0 aliphatic heterocycles. The number of nitrogens with one attached hydrogen (secondary N) is 1. The number of nitrogens with zero attached hydrogens (tertiary/aromatic N) is 1. The third-order valence-corrected chi connectivity index (χ3v) is 2.91. The Hall–Kier alpha value is -2.39. The quantitative estimate of drug-likeness (QED) is 0.673. The van der Waals surface area contributed by atoms with E-state index in [1.165, 1.54) is 0 Å². The number of carbonyl (C=O) groups is 1. The first-order chi connectivity index (χ1) is 10.7. The molecule has 0 fully saturated rings. The molecular weight excluding hydrogens is 344 g/mol. The lowest BCUT2D eigenvalue weighted by atomic mass is 10.2. The number of amides is 1. The Morgan fingerprint density at radius 2 is 2.00 bits per heavy atom. The minimum Gasteiger partial charge on any atom is -0.759 e. The van der Waals surface area contributed by atoms with Crippen LogP contribution in [0.1, 0.15) is 15.9 Å². The van der Waals surface area contributed by atoms with E-state index in [1.807, 2.05) is 0 Å². The van der Waals surface area contributed by atoms with Gasteiger partial charge in [0.05, 0.1) is 10.6 Å². The zero-order valence-electron chi connectivity index (χ0n) is 10.9. The van der Waals surface area contributed by atoms with E-state index in [9.17, 15) is 27.6 Å². The minimum absolute atomic E-state index is 0.153. The van der Waals surface area contributed by atoms with E-state index in [-0.39, 0.29) is 10.8 Å². The summed E-state index contributed by atoms with van der Waals surface area (Å²) in [6.45, 7) is 0. The molecule has 0 radical (unpaired) electrons. The summed E-state index contributed by atoms with van der Waals surface area (Å²) in [7, 11) is 0. The standard InChI is InChI=1S/C13H6ClF4N2O3/c14-9-4-7(15)1-2-10(9)23-12-8(11(21)20-22)3-6(5-19-12)13(16,17)18/h1-5H,(H-,20,21,22)/q-1. The fourth-order valence-corrected chi connectivity index (χ4v) is 1.77. The van der Waals surface area contributed by atoms with Gasteiger partial charge in [0.1, 0.15) is 17.1 Å². The van der Waals surface area contributed by atoms with Crippen LogP contribution in [-0.4, -0.2) is 10.9 Å². The molecule has 0 aliphatic rings. The number of alkyl halides is 3. The summed E-state index contributed by atoms with van der Waals surface area (Å²) in [5.41, 5.74) is -1.04. The van der Waals surface area contributed by atoms with Crippen LogP contribution in [0.2, 0.25) is 5.02 Å². The summed E-state index contributed by atoms with van der Waals surface area (Å²) in [5, 5.41) is 10.3. The van der Waals surface area contributed by atoms with Crippen LogP contribution in [0, 0.1) is 11.0 Å². The topological polar surface area (TPSA) is 74.3 Å². The number of pyridine rings is 1. The highest BCUT2D eigenvalue weighted by molar-refractivity contribution is 6.32. The Balaban J connectivity index is 2.47. The SMILES string of the molecule is O=C(N[O-])c1cc(C(F)(F)F)cnc1Oc1ccc(F)cc1Cl. The molecule has 1 heterocycles. The summed E-state index contributed by atoms with van der Waals surface area (Å²) in [6.07, 6.45) is -4.34. The van der Waals surface area contributed by atoms with Gasteiger partial charge in [-0.15, -0.1) is 0 Å². The maximum atomic E-state index is 12.9. The van der Waals surface area contributed by atoms with E-state index >= 15 is 0 Å². The first-order valence-corrected chi connectivity index (χ1v) is 6.23. The van der Waals surface area contributed by atoms with Gasteiger partial charge in [-0.25, -0.2) is 9.37 Å². The molecule has 0 saturated heterocycles. The molecule has 1 aromatic heterocycles. The Morgan fingerprint density at radius 1 is 1.30 bits per heavy atom. The molecule has 1 aromatic carbocycles. The number of halogens is 5. The average molecular weight is 350 g/mol. The van der Waals surface area contributed by atoms with Crippen molar-refractivity contribution in [1.29, 1.82) is 0 Å².